The van der Waals surface area contributed by atoms with Gasteiger partial charge in [0.1, 0.15) is 15.8 Å². The molecule has 0 aliphatic carbocycles. The van der Waals surface area contributed by atoms with Crippen molar-refractivity contribution < 1.29 is 9.53 Å². The smallest absolute Gasteiger partial charge is 0.267 e. The van der Waals surface area contributed by atoms with Crippen LogP contribution in [-0.2, 0) is 9.53 Å². The number of anilines is 1. The van der Waals surface area contributed by atoms with Crippen LogP contribution in [-0.4, -0.2) is 38.9 Å². The van der Waals surface area contributed by atoms with Crippen LogP contribution < -0.4 is 16.2 Å². The lowest BCUT2D eigenvalue weighted by Gasteiger charge is -2.15. The molecule has 0 unspecified atom stereocenters. The largest absolute Gasteiger partial charge is 0.376 e. The summed E-state index contributed by atoms with van der Waals surface area (Å²) in [5, 5.41) is 5.81. The minimum absolute atomic E-state index is 0.0966. The number of rotatable bonds is 4. The molecular formula is C18H18N4O3S2. The Kier molecular flexibility index (Phi) is 4.98. The van der Waals surface area contributed by atoms with Gasteiger partial charge in [-0.05, 0) is 37.5 Å². The zero-order valence-electron chi connectivity index (χ0n) is 14.7. The Morgan fingerprint density at radius 3 is 3.07 bits per heavy atom. The van der Waals surface area contributed by atoms with Crippen LogP contribution in [0.3, 0.4) is 0 Å². The van der Waals surface area contributed by atoms with E-state index >= 15 is 0 Å². The number of hydrogen-bond acceptors (Lipinski definition) is 7. The van der Waals surface area contributed by atoms with Crippen LogP contribution in [0.25, 0.3) is 11.7 Å². The zero-order valence-corrected chi connectivity index (χ0v) is 16.3. The van der Waals surface area contributed by atoms with Gasteiger partial charge in [0.25, 0.3) is 11.5 Å². The summed E-state index contributed by atoms with van der Waals surface area (Å²) in [6, 6.07) is 3.70. The molecule has 7 nitrogen and oxygen atoms in total. The molecule has 140 valence electrons. The number of aryl methyl sites for hydroxylation is 1. The molecule has 2 aliphatic rings. The topological polar surface area (TPSA) is 84.7 Å². The van der Waals surface area contributed by atoms with E-state index in [0.29, 0.717) is 32.8 Å². The average molecular weight is 403 g/mol. The molecule has 2 aromatic heterocycles. The van der Waals surface area contributed by atoms with Gasteiger partial charge in [-0.2, -0.15) is 0 Å². The van der Waals surface area contributed by atoms with Gasteiger partial charge < -0.3 is 15.4 Å². The van der Waals surface area contributed by atoms with E-state index in [2.05, 4.69) is 15.6 Å². The second-order valence-electron chi connectivity index (χ2n) is 6.43. The summed E-state index contributed by atoms with van der Waals surface area (Å²) >= 11 is 6.17. The fourth-order valence-electron chi connectivity index (χ4n) is 3.14. The van der Waals surface area contributed by atoms with Gasteiger partial charge in [-0.3, -0.25) is 14.0 Å². The number of ether oxygens (including phenoxy) is 1. The number of thioether (sulfide) groups is 1. The van der Waals surface area contributed by atoms with Gasteiger partial charge in [0.05, 0.1) is 16.6 Å². The first-order chi connectivity index (χ1) is 13.0. The van der Waals surface area contributed by atoms with Crippen LogP contribution >= 0.6 is 24.0 Å². The van der Waals surface area contributed by atoms with Gasteiger partial charge in [0.2, 0.25) is 0 Å². The van der Waals surface area contributed by atoms with Gasteiger partial charge in [-0.1, -0.05) is 30.0 Å². The normalized spacial score (nSPS) is 21.2. The minimum Gasteiger partial charge on any atom is -0.376 e. The van der Waals surface area contributed by atoms with Crippen LogP contribution in [0.15, 0.2) is 28.0 Å². The molecular weight excluding hydrogens is 384 g/mol. The van der Waals surface area contributed by atoms with Crippen LogP contribution in [0, 0.1) is 6.92 Å². The third-order valence-electron chi connectivity index (χ3n) is 4.52. The predicted molar refractivity (Wildman–Crippen MR) is 110 cm³/mol. The highest BCUT2D eigenvalue weighted by molar-refractivity contribution is 8.26. The Morgan fingerprint density at radius 1 is 1.52 bits per heavy atom. The van der Waals surface area contributed by atoms with Gasteiger partial charge >= 0.3 is 0 Å². The highest BCUT2D eigenvalue weighted by Crippen LogP contribution is 2.27. The maximum Gasteiger partial charge on any atom is 0.267 e. The number of amides is 1. The first-order valence-electron chi connectivity index (χ1n) is 8.65. The Bertz CT molecular complexity index is 1030. The van der Waals surface area contributed by atoms with Crippen molar-refractivity contribution in [2.24, 2.45) is 0 Å². The average Bonchev–Trinajstić information content (AvgIpc) is 3.26. The highest BCUT2D eigenvalue weighted by Gasteiger charge is 2.24. The number of carbonyl (C=O) groups is 1. The Labute approximate surface area is 165 Å². The molecule has 2 aromatic rings. The summed E-state index contributed by atoms with van der Waals surface area (Å²) in [5.74, 6) is 0.146. The lowest BCUT2D eigenvalue weighted by molar-refractivity contribution is -0.115. The van der Waals surface area contributed by atoms with E-state index in [-0.39, 0.29) is 17.6 Å². The van der Waals surface area contributed by atoms with Crippen LogP contribution in [0.4, 0.5) is 5.82 Å². The van der Waals surface area contributed by atoms with Crippen LogP contribution in [0.2, 0.25) is 0 Å². The molecule has 2 fully saturated rings. The standard InChI is InChI=1S/C18H18N4O3S2/c1-10-4-2-6-22-15(10)20-14(19-9-11-5-3-7-25-11)12(17(22)24)8-13-16(23)21-18(26)27-13/h2,4,6,8,11,19H,3,5,7,9H2,1H3,(H,21,23,26)/b13-8-/t11-/m0/s1. The molecule has 1 amide bonds. The van der Waals surface area contributed by atoms with Crippen molar-refractivity contribution in [1.82, 2.24) is 14.7 Å². The Balaban J connectivity index is 1.81. The minimum atomic E-state index is -0.302. The molecule has 0 bridgehead atoms. The van der Waals surface area contributed by atoms with E-state index < -0.39 is 0 Å². The number of pyridine rings is 1. The van der Waals surface area contributed by atoms with E-state index in [1.54, 1.807) is 18.3 Å². The summed E-state index contributed by atoms with van der Waals surface area (Å²) in [6.07, 6.45) is 5.34. The molecule has 2 N–H and O–H groups in total. The second kappa shape index (κ2) is 7.41. The van der Waals surface area contributed by atoms with Crippen LogP contribution in [0.1, 0.15) is 24.0 Å². The number of nitrogens with one attached hydrogen (secondary N) is 2. The number of aromatic nitrogens is 2. The van der Waals surface area contributed by atoms with E-state index in [4.69, 9.17) is 17.0 Å². The molecule has 27 heavy (non-hydrogen) atoms. The molecule has 0 aromatic carbocycles. The van der Waals surface area contributed by atoms with Gasteiger partial charge in [0, 0.05) is 19.3 Å². The van der Waals surface area contributed by atoms with Crippen LogP contribution in [0.5, 0.6) is 0 Å². The number of hydrogen-bond donors (Lipinski definition) is 2. The van der Waals surface area contributed by atoms with E-state index in [1.165, 1.54) is 4.40 Å². The third-order valence-corrected chi connectivity index (χ3v) is 5.69. The van der Waals surface area contributed by atoms with Crippen molar-refractivity contribution >= 4 is 51.7 Å². The molecule has 1 atom stereocenters. The summed E-state index contributed by atoms with van der Waals surface area (Å²) < 4.78 is 7.52. The summed E-state index contributed by atoms with van der Waals surface area (Å²) in [4.78, 5) is 30.2. The first-order valence-corrected chi connectivity index (χ1v) is 9.88. The summed E-state index contributed by atoms with van der Waals surface area (Å²) in [7, 11) is 0. The fraction of sp³-hybridized carbons (Fsp3) is 0.333. The quantitative estimate of drug-likeness (QED) is 0.598. The van der Waals surface area contributed by atoms with E-state index in [1.807, 2.05) is 13.0 Å². The lowest BCUT2D eigenvalue weighted by atomic mass is 10.2. The monoisotopic (exact) mass is 402 g/mol. The molecule has 0 saturated carbocycles. The van der Waals surface area contributed by atoms with Gasteiger partial charge in [-0.15, -0.1) is 0 Å². The Hall–Kier alpha value is -2.23. The van der Waals surface area contributed by atoms with Crippen molar-refractivity contribution in [3.63, 3.8) is 0 Å². The lowest BCUT2D eigenvalue weighted by Crippen LogP contribution is -2.25. The van der Waals surface area contributed by atoms with Crippen molar-refractivity contribution in [2.75, 3.05) is 18.5 Å². The van der Waals surface area contributed by atoms with Crippen molar-refractivity contribution in [1.29, 1.82) is 0 Å². The second-order valence-corrected chi connectivity index (χ2v) is 8.15. The zero-order chi connectivity index (χ0) is 19.0. The molecule has 0 radical (unpaired) electrons. The third kappa shape index (κ3) is 3.62. The SMILES string of the molecule is Cc1cccn2c(=O)c(/C=C3\SC(=S)NC3=O)c(NC[C@@H]3CCCO3)nc12. The number of carbonyl (C=O) groups excluding carboxylic acids is 1. The summed E-state index contributed by atoms with van der Waals surface area (Å²) in [5.41, 5.74) is 1.57. The fourth-order valence-corrected chi connectivity index (χ4v) is 4.17. The molecule has 0 spiro atoms. The maximum atomic E-state index is 13.1. The van der Waals surface area contributed by atoms with E-state index in [9.17, 15) is 9.59 Å². The predicted octanol–water partition coefficient (Wildman–Crippen LogP) is 2.08. The molecule has 4 heterocycles. The first kappa shape index (κ1) is 18.1. The molecule has 9 heteroatoms. The van der Waals surface area contributed by atoms with Gasteiger partial charge in [-0.25, -0.2) is 4.98 Å². The molecule has 2 saturated heterocycles. The molecule has 4 rings (SSSR count). The summed E-state index contributed by atoms with van der Waals surface area (Å²) in [6.45, 7) is 3.22. The number of thiocarbonyl (C=S) groups is 1. The molecule has 2 aliphatic heterocycles. The number of nitrogens with zero attached hydrogens (tertiary/aromatic N) is 2. The van der Waals surface area contributed by atoms with Crippen molar-refractivity contribution in [2.45, 2.75) is 25.9 Å². The Morgan fingerprint density at radius 2 is 2.37 bits per heavy atom. The van der Waals surface area contributed by atoms with Gasteiger partial charge in [0.15, 0.2) is 0 Å². The maximum absolute atomic E-state index is 13.1. The number of fused-ring (bicyclic) bond motifs is 1. The van der Waals surface area contributed by atoms with Crippen molar-refractivity contribution in [3.8, 4) is 0 Å². The highest BCUT2D eigenvalue weighted by atomic mass is 32.2. The van der Waals surface area contributed by atoms with E-state index in [0.717, 1.165) is 36.8 Å². The van der Waals surface area contributed by atoms with Crippen molar-refractivity contribution in [3.05, 3.63) is 44.7 Å².